The number of rotatable bonds is 6. The summed E-state index contributed by atoms with van der Waals surface area (Å²) in [7, 11) is 0. The number of benzene rings is 2. The molecular formula is C26H36N4O2. The van der Waals surface area contributed by atoms with E-state index < -0.39 is 0 Å². The van der Waals surface area contributed by atoms with Crippen molar-refractivity contribution in [2.24, 2.45) is 0 Å². The normalized spacial score (nSPS) is 24.2. The Morgan fingerprint density at radius 1 is 0.594 bits per heavy atom. The first kappa shape index (κ1) is 21.4. The van der Waals surface area contributed by atoms with Gasteiger partial charge in [0.25, 0.3) is 0 Å². The van der Waals surface area contributed by atoms with Crippen molar-refractivity contribution in [3.8, 4) is 0 Å². The van der Waals surface area contributed by atoms with Crippen molar-refractivity contribution in [2.75, 3.05) is 73.0 Å². The number of hydrogen-bond donors (Lipinski definition) is 2. The fourth-order valence-electron chi connectivity index (χ4n) is 5.10. The average Bonchev–Trinajstić information content (AvgIpc) is 2.86. The first-order chi connectivity index (χ1) is 15.8. The number of morpholine rings is 2. The Balaban J connectivity index is 1.12. The van der Waals surface area contributed by atoms with Crippen molar-refractivity contribution < 1.29 is 9.47 Å². The zero-order valence-corrected chi connectivity index (χ0v) is 19.0. The van der Waals surface area contributed by atoms with Gasteiger partial charge in [-0.25, -0.2) is 0 Å². The highest BCUT2D eigenvalue weighted by Crippen LogP contribution is 2.27. The van der Waals surface area contributed by atoms with Crippen LogP contribution in [0.4, 0.5) is 22.7 Å². The Morgan fingerprint density at radius 3 is 1.41 bits per heavy atom. The molecule has 1 aliphatic carbocycles. The molecule has 0 aromatic heterocycles. The summed E-state index contributed by atoms with van der Waals surface area (Å²) in [5.41, 5.74) is 5.04. The topological polar surface area (TPSA) is 49.0 Å². The number of ether oxygens (including phenoxy) is 2. The molecule has 2 aliphatic heterocycles. The zero-order valence-electron chi connectivity index (χ0n) is 19.0. The van der Waals surface area contributed by atoms with Gasteiger partial charge in [0.05, 0.1) is 26.4 Å². The maximum absolute atomic E-state index is 5.46. The van der Waals surface area contributed by atoms with Crippen molar-refractivity contribution in [3.63, 3.8) is 0 Å². The van der Waals surface area contributed by atoms with E-state index in [0.29, 0.717) is 12.1 Å². The Kier molecular flexibility index (Phi) is 6.99. The first-order valence-corrected chi connectivity index (χ1v) is 12.2. The monoisotopic (exact) mass is 436 g/mol. The number of nitrogens with zero attached hydrogens (tertiary/aromatic N) is 2. The van der Waals surface area contributed by atoms with Crippen molar-refractivity contribution in [2.45, 2.75) is 37.8 Å². The number of nitrogens with one attached hydrogen (secondary N) is 2. The maximum atomic E-state index is 5.46. The molecule has 2 N–H and O–H groups in total. The van der Waals surface area contributed by atoms with Gasteiger partial charge in [-0.1, -0.05) is 0 Å². The molecule has 6 heteroatoms. The molecule has 32 heavy (non-hydrogen) atoms. The van der Waals surface area contributed by atoms with Crippen LogP contribution in [0.3, 0.4) is 0 Å². The van der Waals surface area contributed by atoms with Crippen LogP contribution in [0.25, 0.3) is 0 Å². The minimum atomic E-state index is 0.517. The third kappa shape index (κ3) is 5.48. The van der Waals surface area contributed by atoms with Crippen LogP contribution >= 0.6 is 0 Å². The van der Waals surface area contributed by atoms with E-state index in [1.807, 2.05) is 0 Å². The Labute approximate surface area is 191 Å². The molecule has 3 fully saturated rings. The number of hydrogen-bond acceptors (Lipinski definition) is 6. The Hall–Kier alpha value is -2.44. The molecule has 1 saturated carbocycles. The summed E-state index contributed by atoms with van der Waals surface area (Å²) in [5.74, 6) is 0. The van der Waals surface area contributed by atoms with E-state index in [1.54, 1.807) is 0 Å². The summed E-state index contributed by atoms with van der Waals surface area (Å²) < 4.78 is 10.9. The summed E-state index contributed by atoms with van der Waals surface area (Å²) in [6.07, 6.45) is 4.88. The fraction of sp³-hybridized carbons (Fsp3) is 0.538. The van der Waals surface area contributed by atoms with E-state index in [2.05, 4.69) is 69.0 Å². The molecule has 0 radical (unpaired) electrons. The van der Waals surface area contributed by atoms with E-state index >= 15 is 0 Å². The second-order valence-corrected chi connectivity index (χ2v) is 9.14. The maximum Gasteiger partial charge on any atom is 0.0642 e. The Morgan fingerprint density at radius 2 is 1.00 bits per heavy atom. The van der Waals surface area contributed by atoms with E-state index in [0.717, 1.165) is 59.0 Å². The standard InChI is InChI=1S/C26H36N4O2/c1-2-23(27-21-4-8-25(9-5-21)29-12-16-31-17-13-29)20-24(3-1)28-22-6-10-26(11-7-22)30-14-18-32-19-15-30/h4-11,23-24,27-28H,1-3,12-20H2. The second kappa shape index (κ2) is 10.5. The van der Waals surface area contributed by atoms with Gasteiger partial charge in [-0.15, -0.1) is 0 Å². The van der Waals surface area contributed by atoms with Gasteiger partial charge in [-0.05, 0) is 74.2 Å². The van der Waals surface area contributed by atoms with Gasteiger partial charge in [0.1, 0.15) is 0 Å². The lowest BCUT2D eigenvalue weighted by molar-refractivity contribution is 0.122. The lowest BCUT2D eigenvalue weighted by Gasteiger charge is -2.32. The Bertz CT molecular complexity index is 760. The highest BCUT2D eigenvalue weighted by Gasteiger charge is 2.22. The van der Waals surface area contributed by atoms with E-state index in [1.165, 1.54) is 42.0 Å². The minimum Gasteiger partial charge on any atom is -0.382 e. The second-order valence-electron chi connectivity index (χ2n) is 9.14. The predicted octanol–water partition coefficient (Wildman–Crippen LogP) is 4.20. The summed E-state index contributed by atoms with van der Waals surface area (Å²) in [6, 6.07) is 18.9. The van der Waals surface area contributed by atoms with Crippen LogP contribution in [0.5, 0.6) is 0 Å². The van der Waals surface area contributed by atoms with Crippen LogP contribution in [0, 0.1) is 0 Å². The molecule has 2 heterocycles. The third-order valence-electron chi connectivity index (χ3n) is 6.90. The van der Waals surface area contributed by atoms with Gasteiger partial charge in [-0.2, -0.15) is 0 Å². The average molecular weight is 437 g/mol. The van der Waals surface area contributed by atoms with Crippen molar-refractivity contribution >= 4 is 22.7 Å². The summed E-state index contributed by atoms with van der Waals surface area (Å²) in [4.78, 5) is 4.80. The molecule has 0 amide bonds. The number of anilines is 4. The quantitative estimate of drug-likeness (QED) is 0.708. The molecule has 5 rings (SSSR count). The van der Waals surface area contributed by atoms with Crippen molar-refractivity contribution in [1.82, 2.24) is 0 Å². The lowest BCUT2D eigenvalue weighted by Crippen LogP contribution is -2.36. The van der Waals surface area contributed by atoms with E-state index in [9.17, 15) is 0 Å². The van der Waals surface area contributed by atoms with Crippen LogP contribution in [-0.4, -0.2) is 64.7 Å². The van der Waals surface area contributed by atoms with Crippen LogP contribution in [-0.2, 0) is 9.47 Å². The lowest BCUT2D eigenvalue weighted by atomic mass is 9.90. The molecular weight excluding hydrogens is 400 g/mol. The summed E-state index contributed by atoms with van der Waals surface area (Å²) in [6.45, 7) is 7.23. The molecule has 0 bridgehead atoms. The van der Waals surface area contributed by atoms with Crippen molar-refractivity contribution in [1.29, 1.82) is 0 Å². The first-order valence-electron chi connectivity index (χ1n) is 12.2. The van der Waals surface area contributed by atoms with Crippen LogP contribution in [0.2, 0.25) is 0 Å². The minimum absolute atomic E-state index is 0.517. The third-order valence-corrected chi connectivity index (χ3v) is 6.90. The predicted molar refractivity (Wildman–Crippen MR) is 132 cm³/mol. The SMILES string of the molecule is c1cc(N2CCOCC2)ccc1NC1CCCC(Nc2ccc(N3CCOCC3)cc2)C1. The fourth-order valence-corrected chi connectivity index (χ4v) is 5.10. The van der Waals surface area contributed by atoms with E-state index in [-0.39, 0.29) is 0 Å². The smallest absolute Gasteiger partial charge is 0.0642 e. The van der Waals surface area contributed by atoms with Gasteiger partial charge in [0.15, 0.2) is 0 Å². The largest absolute Gasteiger partial charge is 0.382 e. The molecule has 2 aromatic carbocycles. The van der Waals surface area contributed by atoms with Gasteiger partial charge in [-0.3, -0.25) is 0 Å². The van der Waals surface area contributed by atoms with Crippen LogP contribution in [0.1, 0.15) is 25.7 Å². The zero-order chi connectivity index (χ0) is 21.6. The van der Waals surface area contributed by atoms with Gasteiger partial charge in [0, 0.05) is 61.0 Å². The molecule has 3 aliphatic rings. The summed E-state index contributed by atoms with van der Waals surface area (Å²) in [5, 5.41) is 7.55. The van der Waals surface area contributed by atoms with Crippen LogP contribution in [0.15, 0.2) is 48.5 Å². The molecule has 2 aromatic rings. The van der Waals surface area contributed by atoms with Gasteiger partial charge in [0.2, 0.25) is 0 Å². The van der Waals surface area contributed by atoms with Crippen LogP contribution < -0.4 is 20.4 Å². The highest BCUT2D eigenvalue weighted by molar-refractivity contribution is 5.57. The molecule has 6 nitrogen and oxygen atoms in total. The van der Waals surface area contributed by atoms with E-state index in [4.69, 9.17) is 9.47 Å². The molecule has 2 atom stereocenters. The molecule has 0 spiro atoms. The van der Waals surface area contributed by atoms with Gasteiger partial charge < -0.3 is 29.9 Å². The molecule has 172 valence electrons. The summed E-state index contributed by atoms with van der Waals surface area (Å²) >= 11 is 0. The van der Waals surface area contributed by atoms with Gasteiger partial charge >= 0.3 is 0 Å². The van der Waals surface area contributed by atoms with Crippen molar-refractivity contribution in [3.05, 3.63) is 48.5 Å². The molecule has 2 saturated heterocycles. The highest BCUT2D eigenvalue weighted by atomic mass is 16.5. The molecule has 2 unspecified atom stereocenters.